The summed E-state index contributed by atoms with van der Waals surface area (Å²) in [5, 5.41) is 4.00. The molecule has 3 rings (SSSR count). The zero-order chi connectivity index (χ0) is 12.7. The average molecular weight is 246 g/mol. The van der Waals surface area contributed by atoms with Gasteiger partial charge in [-0.25, -0.2) is 4.39 Å². The number of carbonyl (C=O) groups is 1. The monoisotopic (exact) mass is 246 g/mol. The lowest BCUT2D eigenvalue weighted by Gasteiger charge is -2.31. The lowest BCUT2D eigenvalue weighted by molar-refractivity contribution is -0.122. The summed E-state index contributed by atoms with van der Waals surface area (Å²) in [6.45, 7) is 1.81. The number of rotatable bonds is 1. The van der Waals surface area contributed by atoms with E-state index in [1.807, 2.05) is 6.92 Å². The van der Waals surface area contributed by atoms with Crippen LogP contribution in [0.5, 0.6) is 0 Å². The van der Waals surface area contributed by atoms with Gasteiger partial charge in [0.1, 0.15) is 11.7 Å². The summed E-state index contributed by atoms with van der Waals surface area (Å²) in [6.07, 6.45) is 2.81. The molecule has 1 amide bonds. The largest absolute Gasteiger partial charge is 0.303 e. The summed E-state index contributed by atoms with van der Waals surface area (Å²) in [5.41, 5.74) is 3.25. The molecule has 0 radical (unpaired) electrons. The zero-order valence-electron chi connectivity index (χ0n) is 9.67. The van der Waals surface area contributed by atoms with Crippen LogP contribution in [-0.4, -0.2) is 22.8 Å². The number of nitrogens with one attached hydrogen (secondary N) is 1. The van der Waals surface area contributed by atoms with Gasteiger partial charge in [0.15, 0.2) is 0 Å². The number of halogens is 1. The summed E-state index contributed by atoms with van der Waals surface area (Å²) in [4.78, 5) is 15.4. The highest BCUT2D eigenvalue weighted by Crippen LogP contribution is 2.23. The van der Waals surface area contributed by atoms with Gasteiger partial charge in [0.05, 0.1) is 5.69 Å². The SMILES string of the molecule is CC1=NNC2C(=O)N(c3cccc(F)c3)C=CN12. The number of hydrogen-bond donors (Lipinski definition) is 1. The normalized spacial score (nSPS) is 21.8. The topological polar surface area (TPSA) is 47.9 Å². The Bertz CT molecular complexity index is 569. The first kappa shape index (κ1) is 10.8. The number of nitrogens with zero attached hydrogens (tertiary/aromatic N) is 3. The van der Waals surface area contributed by atoms with Crippen LogP contribution in [0, 0.1) is 5.82 Å². The molecule has 6 heteroatoms. The number of benzene rings is 1. The molecule has 2 heterocycles. The van der Waals surface area contributed by atoms with Crippen molar-refractivity contribution in [1.29, 1.82) is 0 Å². The molecule has 1 N–H and O–H groups in total. The van der Waals surface area contributed by atoms with Gasteiger partial charge in [-0.2, -0.15) is 5.10 Å². The Morgan fingerprint density at radius 2 is 2.22 bits per heavy atom. The lowest BCUT2D eigenvalue weighted by Crippen LogP contribution is -2.52. The summed E-state index contributed by atoms with van der Waals surface area (Å²) in [7, 11) is 0. The molecule has 0 bridgehead atoms. The van der Waals surface area contributed by atoms with Crippen LogP contribution in [0.2, 0.25) is 0 Å². The second-order valence-corrected chi connectivity index (χ2v) is 4.08. The lowest BCUT2D eigenvalue weighted by atomic mass is 10.2. The number of amidine groups is 1. The van der Waals surface area contributed by atoms with Crippen LogP contribution in [0.3, 0.4) is 0 Å². The molecule has 0 saturated carbocycles. The van der Waals surface area contributed by atoms with Gasteiger partial charge < -0.3 is 4.90 Å². The molecular weight excluding hydrogens is 235 g/mol. The first-order chi connectivity index (χ1) is 8.66. The van der Waals surface area contributed by atoms with Gasteiger partial charge in [0.25, 0.3) is 5.91 Å². The first-order valence-corrected chi connectivity index (χ1v) is 5.52. The van der Waals surface area contributed by atoms with Crippen LogP contribution < -0.4 is 10.3 Å². The smallest absolute Gasteiger partial charge is 0.276 e. The summed E-state index contributed by atoms with van der Waals surface area (Å²) < 4.78 is 13.2. The van der Waals surface area contributed by atoms with E-state index in [9.17, 15) is 9.18 Å². The minimum atomic E-state index is -0.543. The maximum absolute atomic E-state index is 13.2. The molecule has 1 aromatic rings. The Labute approximate surface area is 103 Å². The number of hydrogen-bond acceptors (Lipinski definition) is 4. The number of anilines is 1. The maximum Gasteiger partial charge on any atom is 0.276 e. The minimum absolute atomic E-state index is 0.191. The molecule has 0 fully saturated rings. The predicted octanol–water partition coefficient (Wildman–Crippen LogP) is 1.21. The van der Waals surface area contributed by atoms with Crippen molar-refractivity contribution in [2.45, 2.75) is 13.1 Å². The summed E-state index contributed by atoms with van der Waals surface area (Å²) in [6, 6.07) is 5.92. The van der Waals surface area contributed by atoms with Crippen molar-refractivity contribution in [1.82, 2.24) is 10.3 Å². The van der Waals surface area contributed by atoms with E-state index >= 15 is 0 Å². The minimum Gasteiger partial charge on any atom is -0.303 e. The fraction of sp³-hybridized carbons (Fsp3) is 0.167. The highest BCUT2D eigenvalue weighted by atomic mass is 19.1. The molecule has 1 atom stereocenters. The van der Waals surface area contributed by atoms with Crippen LogP contribution in [-0.2, 0) is 4.79 Å². The van der Waals surface area contributed by atoms with Gasteiger partial charge in [-0.05, 0) is 25.1 Å². The molecule has 0 spiro atoms. The molecule has 0 aliphatic carbocycles. The quantitative estimate of drug-likeness (QED) is 0.810. The standard InChI is InChI=1S/C12H11FN4O/c1-8-14-15-11-12(18)17(6-5-16(8)11)10-4-2-3-9(13)7-10/h2-7,11,15H,1H3. The molecule has 0 aromatic heterocycles. The van der Waals surface area contributed by atoms with E-state index in [-0.39, 0.29) is 11.7 Å². The van der Waals surface area contributed by atoms with Crippen LogP contribution in [0.15, 0.2) is 41.8 Å². The Hall–Kier alpha value is -2.37. The number of hydrazone groups is 1. The molecule has 5 nitrogen and oxygen atoms in total. The molecule has 0 saturated heterocycles. The third kappa shape index (κ3) is 1.54. The van der Waals surface area contributed by atoms with E-state index < -0.39 is 6.17 Å². The second-order valence-electron chi connectivity index (χ2n) is 4.08. The summed E-state index contributed by atoms with van der Waals surface area (Å²) >= 11 is 0. The number of carbonyl (C=O) groups excluding carboxylic acids is 1. The van der Waals surface area contributed by atoms with Gasteiger partial charge in [-0.3, -0.25) is 15.1 Å². The van der Waals surface area contributed by atoms with Gasteiger partial charge >= 0.3 is 0 Å². The summed E-state index contributed by atoms with van der Waals surface area (Å²) in [5.74, 6) is 0.162. The van der Waals surface area contributed by atoms with Gasteiger partial charge in [-0.1, -0.05) is 6.07 Å². The highest BCUT2D eigenvalue weighted by Gasteiger charge is 2.36. The number of fused-ring (bicyclic) bond motifs is 1. The van der Waals surface area contributed by atoms with E-state index in [1.165, 1.54) is 17.0 Å². The Balaban J connectivity index is 1.95. The molecule has 18 heavy (non-hydrogen) atoms. The van der Waals surface area contributed by atoms with Crippen molar-refractivity contribution >= 4 is 17.4 Å². The van der Waals surface area contributed by atoms with E-state index in [2.05, 4.69) is 10.5 Å². The van der Waals surface area contributed by atoms with Gasteiger partial charge in [-0.15, -0.1) is 0 Å². The maximum atomic E-state index is 13.2. The van der Waals surface area contributed by atoms with Crippen molar-refractivity contribution in [3.63, 3.8) is 0 Å². The van der Waals surface area contributed by atoms with Crippen molar-refractivity contribution < 1.29 is 9.18 Å². The predicted molar refractivity (Wildman–Crippen MR) is 64.9 cm³/mol. The molecule has 2 aliphatic heterocycles. The van der Waals surface area contributed by atoms with E-state index in [0.29, 0.717) is 5.69 Å². The van der Waals surface area contributed by atoms with Gasteiger partial charge in [0.2, 0.25) is 6.17 Å². The van der Waals surface area contributed by atoms with Crippen LogP contribution in [0.1, 0.15) is 6.92 Å². The fourth-order valence-corrected chi connectivity index (χ4v) is 2.01. The fourth-order valence-electron chi connectivity index (χ4n) is 2.01. The van der Waals surface area contributed by atoms with Crippen LogP contribution in [0.4, 0.5) is 10.1 Å². The van der Waals surface area contributed by atoms with Crippen LogP contribution >= 0.6 is 0 Å². The van der Waals surface area contributed by atoms with E-state index in [4.69, 9.17) is 0 Å². The Morgan fingerprint density at radius 1 is 1.39 bits per heavy atom. The highest BCUT2D eigenvalue weighted by molar-refractivity contribution is 6.03. The van der Waals surface area contributed by atoms with E-state index in [1.54, 1.807) is 29.4 Å². The van der Waals surface area contributed by atoms with Crippen molar-refractivity contribution in [3.05, 3.63) is 42.5 Å². The van der Waals surface area contributed by atoms with Crippen molar-refractivity contribution in [2.24, 2.45) is 5.10 Å². The van der Waals surface area contributed by atoms with E-state index in [0.717, 1.165) is 5.84 Å². The Morgan fingerprint density at radius 3 is 3.00 bits per heavy atom. The molecule has 1 aromatic carbocycles. The van der Waals surface area contributed by atoms with Gasteiger partial charge in [0, 0.05) is 12.4 Å². The van der Waals surface area contributed by atoms with Crippen LogP contribution in [0.25, 0.3) is 0 Å². The molecule has 92 valence electrons. The second kappa shape index (κ2) is 3.83. The first-order valence-electron chi connectivity index (χ1n) is 5.52. The number of amides is 1. The van der Waals surface area contributed by atoms with Crippen molar-refractivity contribution in [2.75, 3.05) is 4.90 Å². The van der Waals surface area contributed by atoms with Crippen molar-refractivity contribution in [3.8, 4) is 0 Å². The molecule has 1 unspecified atom stereocenters. The Kier molecular flexibility index (Phi) is 2.29. The average Bonchev–Trinajstić information content (AvgIpc) is 2.73. The molecule has 2 aliphatic rings. The zero-order valence-corrected chi connectivity index (χ0v) is 9.67. The third-order valence-corrected chi connectivity index (χ3v) is 2.93. The molecular formula is C12H11FN4O. The third-order valence-electron chi connectivity index (χ3n) is 2.93.